The minimum absolute atomic E-state index is 0.288. The smallest absolute Gasteiger partial charge is 0.280 e. The molecule has 0 radical (unpaired) electrons. The number of amides is 1. The quantitative estimate of drug-likeness (QED) is 0.677. The minimum Gasteiger partial charge on any atom is -0.481 e. The molecular weight excluding hydrogens is 264 g/mol. The van der Waals surface area contributed by atoms with E-state index in [0.29, 0.717) is 5.75 Å². The third kappa shape index (κ3) is 4.76. The van der Waals surface area contributed by atoms with Crippen LogP contribution in [0.5, 0.6) is 5.75 Å². The third-order valence-corrected chi connectivity index (χ3v) is 2.86. The molecule has 2 rings (SSSR count). The molecule has 0 unspecified atom stereocenters. The molecule has 0 bridgehead atoms. The predicted molar refractivity (Wildman–Crippen MR) is 83.4 cm³/mol. The van der Waals surface area contributed by atoms with E-state index >= 15 is 0 Å². The highest BCUT2D eigenvalue weighted by molar-refractivity contribution is 5.84. The number of hydrazone groups is 1. The molecule has 21 heavy (non-hydrogen) atoms. The molecule has 1 N–H and O–H groups in total. The van der Waals surface area contributed by atoms with Crippen molar-refractivity contribution in [3.63, 3.8) is 0 Å². The summed E-state index contributed by atoms with van der Waals surface area (Å²) < 4.78 is 5.57. The van der Waals surface area contributed by atoms with Crippen molar-refractivity contribution in [3.05, 3.63) is 65.7 Å². The maximum Gasteiger partial charge on any atom is 0.280 e. The van der Waals surface area contributed by atoms with E-state index in [1.54, 1.807) is 13.1 Å². The molecule has 0 aliphatic carbocycles. The number of benzene rings is 2. The van der Waals surface area contributed by atoms with Crippen molar-refractivity contribution in [3.8, 4) is 5.75 Å². The number of ether oxygens (including phenoxy) is 1. The van der Waals surface area contributed by atoms with Crippen LogP contribution in [0.3, 0.4) is 0 Å². The molecule has 0 saturated heterocycles. The standard InChI is InChI=1S/C17H18N2O2/c1-13-7-6-10-16(11-13)21-14(2)17(20)19-18-12-15-8-4-3-5-9-15/h3-12,14H,1-2H3,(H,19,20)/t14-/m0/s1. The maximum absolute atomic E-state index is 11.9. The lowest BCUT2D eigenvalue weighted by Crippen LogP contribution is -2.33. The molecule has 0 saturated carbocycles. The Hall–Kier alpha value is -2.62. The zero-order valence-electron chi connectivity index (χ0n) is 12.1. The lowest BCUT2D eigenvalue weighted by Gasteiger charge is -2.13. The first-order chi connectivity index (χ1) is 10.1. The Morgan fingerprint density at radius 3 is 2.67 bits per heavy atom. The first-order valence-corrected chi connectivity index (χ1v) is 6.76. The molecule has 4 heteroatoms. The Bertz CT molecular complexity index is 624. The van der Waals surface area contributed by atoms with Gasteiger partial charge in [-0.25, -0.2) is 5.43 Å². The summed E-state index contributed by atoms with van der Waals surface area (Å²) in [5.74, 6) is 0.383. The van der Waals surface area contributed by atoms with Crippen LogP contribution >= 0.6 is 0 Å². The molecule has 1 amide bonds. The summed E-state index contributed by atoms with van der Waals surface area (Å²) in [6, 6.07) is 17.1. The highest BCUT2D eigenvalue weighted by Gasteiger charge is 2.13. The molecule has 4 nitrogen and oxygen atoms in total. The zero-order chi connectivity index (χ0) is 15.1. The zero-order valence-corrected chi connectivity index (χ0v) is 12.1. The van der Waals surface area contributed by atoms with Gasteiger partial charge in [0, 0.05) is 0 Å². The molecule has 0 aliphatic rings. The average Bonchev–Trinajstić information content (AvgIpc) is 2.48. The molecule has 2 aromatic rings. The van der Waals surface area contributed by atoms with Gasteiger partial charge < -0.3 is 4.74 Å². The molecule has 1 atom stereocenters. The van der Waals surface area contributed by atoms with E-state index in [4.69, 9.17) is 4.74 Å². The highest BCUT2D eigenvalue weighted by Crippen LogP contribution is 2.14. The van der Waals surface area contributed by atoms with E-state index in [0.717, 1.165) is 11.1 Å². The van der Waals surface area contributed by atoms with Crippen LogP contribution in [0, 0.1) is 6.92 Å². The van der Waals surface area contributed by atoms with Gasteiger partial charge in [-0.05, 0) is 37.1 Å². The van der Waals surface area contributed by atoms with Crippen LogP contribution in [-0.2, 0) is 4.79 Å². The van der Waals surface area contributed by atoms with Crippen LogP contribution in [-0.4, -0.2) is 18.2 Å². The summed E-state index contributed by atoms with van der Waals surface area (Å²) in [4.78, 5) is 11.9. The second kappa shape index (κ2) is 7.24. The van der Waals surface area contributed by atoms with Crippen molar-refractivity contribution in [2.45, 2.75) is 20.0 Å². The van der Waals surface area contributed by atoms with Crippen LogP contribution in [0.15, 0.2) is 59.7 Å². The van der Waals surface area contributed by atoms with E-state index in [1.807, 2.05) is 61.5 Å². The third-order valence-electron chi connectivity index (χ3n) is 2.86. The molecular formula is C17H18N2O2. The average molecular weight is 282 g/mol. The van der Waals surface area contributed by atoms with Gasteiger partial charge in [0.1, 0.15) is 5.75 Å². The molecule has 0 fully saturated rings. The number of rotatable bonds is 5. The second-order valence-electron chi connectivity index (χ2n) is 4.72. The fourth-order valence-corrected chi connectivity index (χ4v) is 1.75. The number of aryl methyl sites for hydroxylation is 1. The Morgan fingerprint density at radius 1 is 1.19 bits per heavy atom. The van der Waals surface area contributed by atoms with Gasteiger partial charge >= 0.3 is 0 Å². The second-order valence-corrected chi connectivity index (χ2v) is 4.72. The Balaban J connectivity index is 1.87. The fraction of sp³-hybridized carbons (Fsp3) is 0.176. The number of hydrogen-bond acceptors (Lipinski definition) is 3. The topological polar surface area (TPSA) is 50.7 Å². The first-order valence-electron chi connectivity index (χ1n) is 6.76. The summed E-state index contributed by atoms with van der Waals surface area (Å²) in [7, 11) is 0. The number of carbonyl (C=O) groups is 1. The van der Waals surface area contributed by atoms with Crippen LogP contribution in [0.2, 0.25) is 0 Å². The summed E-state index contributed by atoms with van der Waals surface area (Å²) in [5, 5.41) is 3.92. The van der Waals surface area contributed by atoms with Gasteiger partial charge in [-0.1, -0.05) is 42.5 Å². The van der Waals surface area contributed by atoms with Crippen LogP contribution in [0.25, 0.3) is 0 Å². The van der Waals surface area contributed by atoms with Crippen LogP contribution in [0.1, 0.15) is 18.1 Å². The normalized spacial score (nSPS) is 12.1. The van der Waals surface area contributed by atoms with Crippen LogP contribution in [0.4, 0.5) is 0 Å². The minimum atomic E-state index is -0.611. The van der Waals surface area contributed by atoms with Gasteiger partial charge in [0.05, 0.1) is 6.21 Å². The summed E-state index contributed by atoms with van der Waals surface area (Å²) in [5.41, 5.74) is 4.48. The molecule has 108 valence electrons. The lowest BCUT2D eigenvalue weighted by atomic mass is 10.2. The monoisotopic (exact) mass is 282 g/mol. The Morgan fingerprint density at radius 2 is 1.95 bits per heavy atom. The van der Waals surface area contributed by atoms with Crippen molar-refractivity contribution in [2.75, 3.05) is 0 Å². The van der Waals surface area contributed by atoms with E-state index < -0.39 is 6.10 Å². The van der Waals surface area contributed by atoms with Crippen molar-refractivity contribution in [1.29, 1.82) is 0 Å². The molecule has 0 heterocycles. The van der Waals surface area contributed by atoms with E-state index in [9.17, 15) is 4.79 Å². The first kappa shape index (κ1) is 14.8. The summed E-state index contributed by atoms with van der Waals surface area (Å²) in [6.07, 6.45) is 0.983. The van der Waals surface area contributed by atoms with Gasteiger partial charge in [0.15, 0.2) is 6.10 Å². The lowest BCUT2D eigenvalue weighted by molar-refractivity contribution is -0.127. The van der Waals surface area contributed by atoms with Gasteiger partial charge in [-0.15, -0.1) is 0 Å². The van der Waals surface area contributed by atoms with Crippen molar-refractivity contribution < 1.29 is 9.53 Å². The van der Waals surface area contributed by atoms with E-state index in [1.165, 1.54) is 0 Å². The van der Waals surface area contributed by atoms with Gasteiger partial charge in [-0.2, -0.15) is 5.10 Å². The molecule has 2 aromatic carbocycles. The maximum atomic E-state index is 11.9. The van der Waals surface area contributed by atoms with Crippen LogP contribution < -0.4 is 10.2 Å². The van der Waals surface area contributed by atoms with Gasteiger partial charge in [-0.3, -0.25) is 4.79 Å². The van der Waals surface area contributed by atoms with Gasteiger partial charge in [0.25, 0.3) is 5.91 Å². The highest BCUT2D eigenvalue weighted by atomic mass is 16.5. The number of nitrogens with zero attached hydrogens (tertiary/aromatic N) is 1. The van der Waals surface area contributed by atoms with E-state index in [-0.39, 0.29) is 5.91 Å². The summed E-state index contributed by atoms with van der Waals surface area (Å²) in [6.45, 7) is 3.66. The molecule has 0 aromatic heterocycles. The number of carbonyl (C=O) groups excluding carboxylic acids is 1. The van der Waals surface area contributed by atoms with Crippen molar-refractivity contribution in [1.82, 2.24) is 5.43 Å². The van der Waals surface area contributed by atoms with Crippen molar-refractivity contribution >= 4 is 12.1 Å². The Kier molecular flexibility index (Phi) is 5.10. The predicted octanol–water partition coefficient (Wildman–Crippen LogP) is 2.91. The number of nitrogens with one attached hydrogen (secondary N) is 1. The van der Waals surface area contributed by atoms with Gasteiger partial charge in [0.2, 0.25) is 0 Å². The Labute approximate surface area is 124 Å². The van der Waals surface area contributed by atoms with E-state index in [2.05, 4.69) is 10.5 Å². The number of hydrogen-bond donors (Lipinski definition) is 1. The largest absolute Gasteiger partial charge is 0.481 e. The fourth-order valence-electron chi connectivity index (χ4n) is 1.75. The SMILES string of the molecule is Cc1cccc(O[C@@H](C)C(=O)NN=Cc2ccccc2)c1. The molecule has 0 aliphatic heterocycles. The van der Waals surface area contributed by atoms with Crippen molar-refractivity contribution in [2.24, 2.45) is 5.10 Å². The molecule has 0 spiro atoms. The summed E-state index contributed by atoms with van der Waals surface area (Å²) >= 11 is 0.